The van der Waals surface area contributed by atoms with Gasteiger partial charge in [-0.1, -0.05) is 6.07 Å². The number of halogens is 1. The van der Waals surface area contributed by atoms with Crippen molar-refractivity contribution in [1.29, 1.82) is 10.5 Å². The lowest BCUT2D eigenvalue weighted by Crippen LogP contribution is -2.46. The van der Waals surface area contributed by atoms with Crippen LogP contribution in [0, 0.1) is 28.5 Å². The Labute approximate surface area is 179 Å². The molecular formula is C23H21FN4O3. The summed E-state index contributed by atoms with van der Waals surface area (Å²) < 4.78 is 26.2. The first-order valence-corrected chi connectivity index (χ1v) is 10.1. The highest BCUT2D eigenvalue weighted by atomic mass is 19.1. The van der Waals surface area contributed by atoms with E-state index in [0.717, 1.165) is 24.1 Å². The number of carbonyl (C=O) groups excluding carboxylic acids is 1. The predicted molar refractivity (Wildman–Crippen MR) is 109 cm³/mol. The standard InChI is InChI=1S/C23H21FN4O3/c24-20-9-19-18-3-2-14(10-25)6-16(18)13-31-21(19)8-15(20)7-17(11-26)28-23(29)22-12-27-4-1-5-30-22/h2-3,6,8-9,17,22,27H,1,4-5,7,12-13H2,(H,28,29)/t17-,22+/m1/s1. The average molecular weight is 420 g/mol. The molecule has 4 rings (SSSR count). The molecule has 0 radical (unpaired) electrons. The smallest absolute Gasteiger partial charge is 0.251 e. The Kier molecular flexibility index (Phi) is 6.13. The van der Waals surface area contributed by atoms with E-state index in [1.807, 2.05) is 6.07 Å². The maximum Gasteiger partial charge on any atom is 0.251 e. The van der Waals surface area contributed by atoms with Crippen molar-refractivity contribution in [2.45, 2.75) is 31.6 Å². The lowest BCUT2D eigenvalue weighted by molar-refractivity contribution is -0.132. The molecule has 1 fully saturated rings. The lowest BCUT2D eigenvalue weighted by Gasteiger charge is -2.23. The topological polar surface area (TPSA) is 107 Å². The highest BCUT2D eigenvalue weighted by Gasteiger charge is 2.25. The Balaban J connectivity index is 1.52. The molecular weight excluding hydrogens is 399 g/mol. The van der Waals surface area contributed by atoms with Crippen molar-refractivity contribution in [2.75, 3.05) is 19.7 Å². The van der Waals surface area contributed by atoms with E-state index in [-0.39, 0.29) is 18.6 Å². The highest BCUT2D eigenvalue weighted by Crippen LogP contribution is 2.39. The molecule has 1 amide bonds. The van der Waals surface area contributed by atoms with Crippen molar-refractivity contribution < 1.29 is 18.7 Å². The minimum atomic E-state index is -0.902. The molecule has 2 atom stereocenters. The van der Waals surface area contributed by atoms with Crippen LogP contribution in [0.25, 0.3) is 11.1 Å². The van der Waals surface area contributed by atoms with Crippen molar-refractivity contribution in [2.24, 2.45) is 0 Å². The number of fused-ring (bicyclic) bond motifs is 3. The Bertz CT molecular complexity index is 1080. The van der Waals surface area contributed by atoms with Crippen LogP contribution < -0.4 is 15.4 Å². The molecule has 158 valence electrons. The van der Waals surface area contributed by atoms with Gasteiger partial charge in [0.2, 0.25) is 0 Å². The third kappa shape index (κ3) is 4.51. The van der Waals surface area contributed by atoms with E-state index in [2.05, 4.69) is 16.7 Å². The number of nitrogens with one attached hydrogen (secondary N) is 2. The Morgan fingerprint density at radius 3 is 2.97 bits per heavy atom. The molecule has 8 heteroatoms. The van der Waals surface area contributed by atoms with Crippen LogP contribution in [-0.2, 0) is 22.6 Å². The third-order valence-electron chi connectivity index (χ3n) is 5.39. The molecule has 2 N–H and O–H groups in total. The second kappa shape index (κ2) is 9.13. The van der Waals surface area contributed by atoms with Gasteiger partial charge in [-0.25, -0.2) is 4.39 Å². The molecule has 0 bridgehead atoms. The first kappa shape index (κ1) is 20.8. The zero-order chi connectivity index (χ0) is 21.8. The SMILES string of the molecule is N#Cc1ccc2c(c1)COc1cc(C[C@H](C#N)NC(=O)[C@@H]3CNCCCO3)c(F)cc1-2. The number of amides is 1. The predicted octanol–water partition coefficient (Wildman–Crippen LogP) is 2.19. The van der Waals surface area contributed by atoms with Crippen LogP contribution in [0.15, 0.2) is 30.3 Å². The van der Waals surface area contributed by atoms with E-state index >= 15 is 0 Å². The second-order valence-electron chi connectivity index (χ2n) is 7.52. The van der Waals surface area contributed by atoms with Crippen molar-refractivity contribution in [1.82, 2.24) is 10.6 Å². The molecule has 0 unspecified atom stereocenters. The number of nitrogens with zero attached hydrogens (tertiary/aromatic N) is 2. The van der Waals surface area contributed by atoms with Gasteiger partial charge in [-0.15, -0.1) is 0 Å². The second-order valence-corrected chi connectivity index (χ2v) is 7.52. The summed E-state index contributed by atoms with van der Waals surface area (Å²) >= 11 is 0. The molecule has 1 saturated heterocycles. The van der Waals surface area contributed by atoms with E-state index < -0.39 is 23.9 Å². The molecule has 7 nitrogen and oxygen atoms in total. The molecule has 2 aromatic rings. The van der Waals surface area contributed by atoms with Crippen LogP contribution >= 0.6 is 0 Å². The Hall–Kier alpha value is -3.46. The maximum absolute atomic E-state index is 14.9. The van der Waals surface area contributed by atoms with Crippen LogP contribution in [0.3, 0.4) is 0 Å². The van der Waals surface area contributed by atoms with E-state index in [1.165, 1.54) is 6.07 Å². The van der Waals surface area contributed by atoms with Gasteiger partial charge in [-0.3, -0.25) is 4.79 Å². The summed E-state index contributed by atoms with van der Waals surface area (Å²) in [5, 5.41) is 24.3. The Morgan fingerprint density at radius 2 is 2.16 bits per heavy atom. The molecule has 0 aliphatic carbocycles. The minimum absolute atomic E-state index is 0.00505. The van der Waals surface area contributed by atoms with E-state index in [9.17, 15) is 14.4 Å². The van der Waals surface area contributed by atoms with E-state index in [1.54, 1.807) is 24.3 Å². The van der Waals surface area contributed by atoms with Crippen molar-refractivity contribution in [3.8, 4) is 29.0 Å². The summed E-state index contributed by atoms with van der Waals surface area (Å²) in [6.45, 7) is 1.88. The zero-order valence-corrected chi connectivity index (χ0v) is 16.8. The van der Waals surface area contributed by atoms with Gasteiger partial charge < -0.3 is 20.1 Å². The monoisotopic (exact) mass is 420 g/mol. The molecule has 2 aromatic carbocycles. The largest absolute Gasteiger partial charge is 0.488 e. The van der Waals surface area contributed by atoms with Gasteiger partial charge in [0.05, 0.1) is 17.7 Å². The van der Waals surface area contributed by atoms with Crippen LogP contribution in [0.1, 0.15) is 23.1 Å². The summed E-state index contributed by atoms with van der Waals surface area (Å²) in [6, 6.07) is 11.4. The average Bonchev–Trinajstić information content (AvgIpc) is 3.08. The number of nitriles is 2. The number of hydrogen-bond acceptors (Lipinski definition) is 6. The third-order valence-corrected chi connectivity index (χ3v) is 5.39. The molecule has 2 heterocycles. The van der Waals surface area contributed by atoms with Crippen LogP contribution in [0.4, 0.5) is 4.39 Å². The summed E-state index contributed by atoms with van der Waals surface area (Å²) in [5.41, 5.74) is 3.03. The summed E-state index contributed by atoms with van der Waals surface area (Å²) in [4.78, 5) is 12.4. The van der Waals surface area contributed by atoms with Crippen LogP contribution in [-0.4, -0.2) is 37.7 Å². The fraction of sp³-hybridized carbons (Fsp3) is 0.348. The van der Waals surface area contributed by atoms with Gasteiger partial charge in [0.15, 0.2) is 0 Å². The highest BCUT2D eigenvalue weighted by molar-refractivity contribution is 5.82. The number of carbonyl (C=O) groups is 1. The fourth-order valence-electron chi connectivity index (χ4n) is 3.78. The van der Waals surface area contributed by atoms with E-state index in [0.29, 0.717) is 30.0 Å². The van der Waals surface area contributed by atoms with Crippen molar-refractivity contribution in [3.63, 3.8) is 0 Å². The van der Waals surface area contributed by atoms with Gasteiger partial charge in [0.25, 0.3) is 5.91 Å². The molecule has 31 heavy (non-hydrogen) atoms. The van der Waals surface area contributed by atoms with Gasteiger partial charge in [-0.05, 0) is 53.9 Å². The lowest BCUT2D eigenvalue weighted by atomic mass is 9.93. The number of hydrogen-bond donors (Lipinski definition) is 2. The molecule has 0 saturated carbocycles. The Morgan fingerprint density at radius 1 is 1.29 bits per heavy atom. The van der Waals surface area contributed by atoms with Crippen molar-refractivity contribution >= 4 is 5.91 Å². The molecule has 0 aromatic heterocycles. The molecule has 2 aliphatic rings. The minimum Gasteiger partial charge on any atom is -0.488 e. The molecule has 0 spiro atoms. The van der Waals surface area contributed by atoms with Crippen LogP contribution in [0.5, 0.6) is 5.75 Å². The fourth-order valence-corrected chi connectivity index (χ4v) is 3.78. The summed E-state index contributed by atoms with van der Waals surface area (Å²) in [5.74, 6) is -0.368. The zero-order valence-electron chi connectivity index (χ0n) is 16.8. The summed E-state index contributed by atoms with van der Waals surface area (Å²) in [7, 11) is 0. The first-order chi connectivity index (χ1) is 15.1. The van der Waals surface area contributed by atoms with E-state index in [4.69, 9.17) is 14.7 Å². The van der Waals surface area contributed by atoms with Gasteiger partial charge >= 0.3 is 0 Å². The quantitative estimate of drug-likeness (QED) is 0.785. The van der Waals surface area contributed by atoms with Crippen molar-refractivity contribution in [3.05, 3.63) is 52.8 Å². The normalized spacial score (nSPS) is 18.2. The maximum atomic E-state index is 14.9. The van der Waals surface area contributed by atoms with Gasteiger partial charge in [-0.2, -0.15) is 10.5 Å². The number of benzene rings is 2. The number of ether oxygens (including phenoxy) is 2. The van der Waals surface area contributed by atoms with Gasteiger partial charge in [0, 0.05) is 25.1 Å². The summed E-state index contributed by atoms with van der Waals surface area (Å²) in [6.07, 6.45) is 0.141. The van der Waals surface area contributed by atoms with Crippen LogP contribution in [0.2, 0.25) is 0 Å². The number of rotatable bonds is 4. The first-order valence-electron chi connectivity index (χ1n) is 10.1. The molecule has 2 aliphatic heterocycles. The van der Waals surface area contributed by atoms with Gasteiger partial charge in [0.1, 0.15) is 30.3 Å².